The standard InChI is InChI=1S/C18H22N2O5S/c1-4-10-25-15-7-5-6-14(12-15)20-18(21)13-8-9-16(24-3)17(11-13)26(22,23)19-2/h5-9,11-12,19H,4,10H2,1-3H3,(H,20,21). The number of hydrogen-bond donors (Lipinski definition) is 2. The third-order valence-corrected chi connectivity index (χ3v) is 4.98. The Bertz CT molecular complexity index is 881. The van der Waals surface area contributed by atoms with Crippen LogP contribution < -0.4 is 19.5 Å². The fourth-order valence-corrected chi connectivity index (χ4v) is 3.14. The zero-order chi connectivity index (χ0) is 19.2. The Morgan fingerprint density at radius 1 is 1.15 bits per heavy atom. The lowest BCUT2D eigenvalue weighted by molar-refractivity contribution is 0.102. The Kier molecular flexibility index (Phi) is 6.59. The van der Waals surface area contributed by atoms with Crippen LogP contribution in [0.15, 0.2) is 47.4 Å². The van der Waals surface area contributed by atoms with Crippen molar-refractivity contribution in [3.8, 4) is 11.5 Å². The number of rotatable bonds is 8. The highest BCUT2D eigenvalue weighted by atomic mass is 32.2. The van der Waals surface area contributed by atoms with Crippen molar-refractivity contribution in [2.75, 3.05) is 26.1 Å². The molecule has 2 aromatic rings. The zero-order valence-electron chi connectivity index (χ0n) is 14.9. The fourth-order valence-electron chi connectivity index (χ4n) is 2.22. The summed E-state index contributed by atoms with van der Waals surface area (Å²) < 4.78 is 37.1. The van der Waals surface area contributed by atoms with Crippen LogP contribution in [0.1, 0.15) is 23.7 Å². The Morgan fingerprint density at radius 3 is 2.58 bits per heavy atom. The maximum absolute atomic E-state index is 12.5. The second kappa shape index (κ2) is 8.68. The van der Waals surface area contributed by atoms with Gasteiger partial charge in [0, 0.05) is 17.3 Å². The molecule has 2 N–H and O–H groups in total. The number of carbonyl (C=O) groups is 1. The molecular weight excluding hydrogens is 356 g/mol. The molecule has 0 fully saturated rings. The smallest absolute Gasteiger partial charge is 0.255 e. The van der Waals surface area contributed by atoms with Crippen LogP contribution in [0.4, 0.5) is 5.69 Å². The molecule has 0 saturated carbocycles. The second-order valence-electron chi connectivity index (χ2n) is 5.40. The Hall–Kier alpha value is -2.58. The first-order valence-corrected chi connectivity index (χ1v) is 9.55. The normalized spacial score (nSPS) is 11.0. The van der Waals surface area contributed by atoms with Crippen LogP contribution >= 0.6 is 0 Å². The van der Waals surface area contributed by atoms with Gasteiger partial charge in [-0.2, -0.15) is 0 Å². The van der Waals surface area contributed by atoms with E-state index in [-0.39, 0.29) is 16.2 Å². The number of carbonyl (C=O) groups excluding carboxylic acids is 1. The van der Waals surface area contributed by atoms with Crippen molar-refractivity contribution in [2.24, 2.45) is 0 Å². The van der Waals surface area contributed by atoms with Gasteiger partial charge in [-0.3, -0.25) is 4.79 Å². The van der Waals surface area contributed by atoms with E-state index in [4.69, 9.17) is 9.47 Å². The maximum Gasteiger partial charge on any atom is 0.255 e. The number of amides is 1. The molecule has 0 bridgehead atoms. The topological polar surface area (TPSA) is 93.7 Å². The first-order chi connectivity index (χ1) is 12.4. The molecule has 7 nitrogen and oxygen atoms in total. The Balaban J connectivity index is 2.26. The lowest BCUT2D eigenvalue weighted by atomic mass is 10.2. The minimum Gasteiger partial charge on any atom is -0.495 e. The van der Waals surface area contributed by atoms with E-state index in [1.807, 2.05) is 6.92 Å². The van der Waals surface area contributed by atoms with Gasteiger partial charge < -0.3 is 14.8 Å². The van der Waals surface area contributed by atoms with Crippen molar-refractivity contribution < 1.29 is 22.7 Å². The predicted octanol–water partition coefficient (Wildman–Crippen LogP) is 2.64. The molecule has 0 aliphatic rings. The lowest BCUT2D eigenvalue weighted by Gasteiger charge is -2.12. The molecular formula is C18H22N2O5S. The van der Waals surface area contributed by atoms with E-state index in [1.165, 1.54) is 32.4 Å². The van der Waals surface area contributed by atoms with E-state index in [0.29, 0.717) is 18.0 Å². The monoisotopic (exact) mass is 378 g/mol. The van der Waals surface area contributed by atoms with Gasteiger partial charge in [-0.15, -0.1) is 0 Å². The summed E-state index contributed by atoms with van der Waals surface area (Å²) in [4.78, 5) is 12.4. The Morgan fingerprint density at radius 2 is 1.92 bits per heavy atom. The number of anilines is 1. The van der Waals surface area contributed by atoms with Crippen LogP contribution in [0.5, 0.6) is 11.5 Å². The molecule has 2 aromatic carbocycles. The number of benzene rings is 2. The summed E-state index contributed by atoms with van der Waals surface area (Å²) in [7, 11) is -1.10. The van der Waals surface area contributed by atoms with Crippen molar-refractivity contribution in [2.45, 2.75) is 18.2 Å². The van der Waals surface area contributed by atoms with Gasteiger partial charge in [-0.05, 0) is 43.8 Å². The summed E-state index contributed by atoms with van der Waals surface area (Å²) in [5.74, 6) is 0.372. The molecule has 26 heavy (non-hydrogen) atoms. The molecule has 140 valence electrons. The first-order valence-electron chi connectivity index (χ1n) is 8.07. The summed E-state index contributed by atoms with van der Waals surface area (Å²) in [6, 6.07) is 11.2. The largest absolute Gasteiger partial charge is 0.495 e. The summed E-state index contributed by atoms with van der Waals surface area (Å²) in [6.45, 7) is 2.59. The quantitative estimate of drug-likeness (QED) is 0.736. The van der Waals surface area contributed by atoms with Gasteiger partial charge in [0.05, 0.1) is 13.7 Å². The average Bonchev–Trinajstić information content (AvgIpc) is 2.66. The zero-order valence-corrected chi connectivity index (χ0v) is 15.7. The van der Waals surface area contributed by atoms with E-state index in [1.54, 1.807) is 24.3 Å². The molecule has 0 aliphatic heterocycles. The molecule has 2 rings (SSSR count). The Labute approximate surface area is 153 Å². The minimum atomic E-state index is -3.76. The van der Waals surface area contributed by atoms with Crippen molar-refractivity contribution >= 4 is 21.6 Å². The van der Waals surface area contributed by atoms with Crippen molar-refractivity contribution in [3.05, 3.63) is 48.0 Å². The van der Waals surface area contributed by atoms with Crippen LogP contribution in [0.25, 0.3) is 0 Å². The molecule has 0 spiro atoms. The van der Waals surface area contributed by atoms with Crippen molar-refractivity contribution in [1.29, 1.82) is 0 Å². The van der Waals surface area contributed by atoms with Crippen LogP contribution in [-0.2, 0) is 10.0 Å². The molecule has 0 radical (unpaired) electrons. The van der Waals surface area contributed by atoms with Gasteiger partial charge in [0.15, 0.2) is 0 Å². The molecule has 0 heterocycles. The lowest BCUT2D eigenvalue weighted by Crippen LogP contribution is -2.20. The van der Waals surface area contributed by atoms with Crippen LogP contribution in [0.3, 0.4) is 0 Å². The summed E-state index contributed by atoms with van der Waals surface area (Å²) in [5.41, 5.74) is 0.747. The van der Waals surface area contributed by atoms with E-state index < -0.39 is 15.9 Å². The van der Waals surface area contributed by atoms with E-state index in [0.717, 1.165) is 6.42 Å². The van der Waals surface area contributed by atoms with Crippen molar-refractivity contribution in [3.63, 3.8) is 0 Å². The SMILES string of the molecule is CCCOc1cccc(NC(=O)c2ccc(OC)c(S(=O)(=O)NC)c2)c1. The number of ether oxygens (including phenoxy) is 2. The van der Waals surface area contributed by atoms with Gasteiger partial charge >= 0.3 is 0 Å². The molecule has 8 heteroatoms. The van der Waals surface area contributed by atoms with Crippen LogP contribution in [0, 0.1) is 0 Å². The summed E-state index contributed by atoms with van der Waals surface area (Å²) >= 11 is 0. The van der Waals surface area contributed by atoms with Gasteiger partial charge in [-0.25, -0.2) is 13.1 Å². The van der Waals surface area contributed by atoms with E-state index >= 15 is 0 Å². The third kappa shape index (κ3) is 4.74. The van der Waals surface area contributed by atoms with Gasteiger partial charge in [0.1, 0.15) is 16.4 Å². The maximum atomic E-state index is 12.5. The molecule has 0 aromatic heterocycles. The van der Waals surface area contributed by atoms with E-state index in [9.17, 15) is 13.2 Å². The molecule has 0 unspecified atom stereocenters. The van der Waals surface area contributed by atoms with Gasteiger partial charge in [-0.1, -0.05) is 13.0 Å². The molecule has 0 atom stereocenters. The molecule has 0 aliphatic carbocycles. The third-order valence-electron chi connectivity index (χ3n) is 3.55. The number of hydrogen-bond acceptors (Lipinski definition) is 5. The highest BCUT2D eigenvalue weighted by Crippen LogP contribution is 2.25. The number of methoxy groups -OCH3 is 1. The molecule has 0 saturated heterocycles. The fraction of sp³-hybridized carbons (Fsp3) is 0.278. The highest BCUT2D eigenvalue weighted by Gasteiger charge is 2.20. The summed E-state index contributed by atoms with van der Waals surface area (Å²) in [6.07, 6.45) is 0.880. The van der Waals surface area contributed by atoms with Gasteiger partial charge in [0.25, 0.3) is 5.91 Å². The number of sulfonamides is 1. The highest BCUT2D eigenvalue weighted by molar-refractivity contribution is 7.89. The number of nitrogens with one attached hydrogen (secondary N) is 2. The van der Waals surface area contributed by atoms with E-state index in [2.05, 4.69) is 10.0 Å². The van der Waals surface area contributed by atoms with Gasteiger partial charge in [0.2, 0.25) is 10.0 Å². The van der Waals surface area contributed by atoms with Crippen LogP contribution in [0.2, 0.25) is 0 Å². The first kappa shape index (κ1) is 19.7. The summed E-state index contributed by atoms with van der Waals surface area (Å²) in [5, 5.41) is 2.73. The van der Waals surface area contributed by atoms with Crippen LogP contribution in [-0.4, -0.2) is 35.1 Å². The average molecular weight is 378 g/mol. The molecule has 1 amide bonds. The van der Waals surface area contributed by atoms with Crippen molar-refractivity contribution in [1.82, 2.24) is 4.72 Å². The minimum absolute atomic E-state index is 0.102. The predicted molar refractivity (Wildman–Crippen MR) is 99.4 cm³/mol. The second-order valence-corrected chi connectivity index (χ2v) is 7.26.